The zero-order valence-corrected chi connectivity index (χ0v) is 12.8. The molecule has 9 nitrogen and oxygen atoms in total. The third kappa shape index (κ3) is 2.28. The van der Waals surface area contributed by atoms with E-state index in [1.54, 1.807) is 17.1 Å². The summed E-state index contributed by atoms with van der Waals surface area (Å²) in [6.07, 6.45) is 3.38. The highest BCUT2D eigenvalue weighted by Gasteiger charge is 2.33. The number of hydrogen-bond acceptors (Lipinski definition) is 7. The van der Waals surface area contributed by atoms with Gasteiger partial charge in [0.2, 0.25) is 0 Å². The maximum atomic E-state index is 12.6. The van der Waals surface area contributed by atoms with Crippen molar-refractivity contribution in [2.45, 2.75) is 6.92 Å². The summed E-state index contributed by atoms with van der Waals surface area (Å²) in [6.45, 7) is 2.13. The number of anilines is 2. The molecule has 4 rings (SSSR count). The summed E-state index contributed by atoms with van der Waals surface area (Å²) < 4.78 is 0. The highest BCUT2D eigenvalue weighted by molar-refractivity contribution is 7.14. The quantitative estimate of drug-likeness (QED) is 0.752. The summed E-state index contributed by atoms with van der Waals surface area (Å²) in [7, 11) is 0. The Kier molecular flexibility index (Phi) is 2.98. The van der Waals surface area contributed by atoms with E-state index in [1.165, 1.54) is 11.3 Å². The van der Waals surface area contributed by atoms with Crippen LogP contribution in [0, 0.1) is 6.92 Å². The highest BCUT2D eigenvalue weighted by atomic mass is 32.1. The topological polar surface area (TPSA) is 116 Å². The Balaban J connectivity index is 1.58. The van der Waals surface area contributed by atoms with Crippen LogP contribution in [0.1, 0.15) is 14.5 Å². The minimum absolute atomic E-state index is 0.0879. The number of amides is 2. The van der Waals surface area contributed by atoms with Crippen LogP contribution in [0.4, 0.5) is 11.6 Å². The number of aromatic nitrogens is 4. The van der Waals surface area contributed by atoms with Crippen LogP contribution >= 0.6 is 11.3 Å². The number of aryl methyl sites for hydroxylation is 1. The van der Waals surface area contributed by atoms with Gasteiger partial charge in [0.15, 0.2) is 0 Å². The SMILES string of the molecule is Cc1cc2c(s1)C(=O)N1CC(C(=O)Nc3nn[nH]n3)=CC=C1N2. The van der Waals surface area contributed by atoms with Gasteiger partial charge in [0, 0.05) is 10.5 Å². The van der Waals surface area contributed by atoms with Gasteiger partial charge in [-0.25, -0.2) is 0 Å². The number of H-pyrrole nitrogens is 1. The number of nitrogens with zero attached hydrogens (tertiary/aromatic N) is 4. The lowest BCUT2D eigenvalue weighted by molar-refractivity contribution is -0.113. The molecule has 2 aliphatic heterocycles. The third-order valence-electron chi connectivity index (χ3n) is 3.48. The predicted molar refractivity (Wildman–Crippen MR) is 82.7 cm³/mol. The van der Waals surface area contributed by atoms with Crippen molar-refractivity contribution in [3.8, 4) is 0 Å². The molecule has 116 valence electrons. The molecule has 23 heavy (non-hydrogen) atoms. The molecule has 0 aromatic carbocycles. The molecule has 0 aliphatic carbocycles. The summed E-state index contributed by atoms with van der Waals surface area (Å²) in [5.74, 6) is 0.269. The predicted octanol–water partition coefficient (Wildman–Crippen LogP) is 0.857. The smallest absolute Gasteiger partial charge is 0.271 e. The number of carbonyl (C=O) groups excluding carboxylic acids is 2. The number of fused-ring (bicyclic) bond motifs is 2. The first-order chi connectivity index (χ1) is 11.1. The van der Waals surface area contributed by atoms with Gasteiger partial charge >= 0.3 is 0 Å². The van der Waals surface area contributed by atoms with E-state index >= 15 is 0 Å². The molecule has 2 aromatic rings. The molecule has 0 unspecified atom stereocenters. The summed E-state index contributed by atoms with van der Waals surface area (Å²) in [6, 6.07) is 1.94. The molecule has 0 radical (unpaired) electrons. The van der Waals surface area contributed by atoms with E-state index in [0.717, 1.165) is 10.6 Å². The van der Waals surface area contributed by atoms with Gasteiger partial charge in [-0.3, -0.25) is 19.8 Å². The van der Waals surface area contributed by atoms with Gasteiger partial charge in [-0.1, -0.05) is 5.10 Å². The van der Waals surface area contributed by atoms with E-state index in [0.29, 0.717) is 16.3 Å². The maximum Gasteiger partial charge on any atom is 0.271 e. The van der Waals surface area contributed by atoms with Crippen molar-refractivity contribution in [1.82, 2.24) is 25.5 Å². The summed E-state index contributed by atoms with van der Waals surface area (Å²) in [5.41, 5.74) is 1.25. The molecular weight excluding hydrogens is 318 g/mol. The van der Waals surface area contributed by atoms with E-state index in [2.05, 4.69) is 31.3 Å². The van der Waals surface area contributed by atoms with Gasteiger partial charge in [-0.2, -0.15) is 5.21 Å². The molecule has 2 aromatic heterocycles. The third-order valence-corrected chi connectivity index (χ3v) is 4.52. The van der Waals surface area contributed by atoms with Crippen LogP contribution in [0.15, 0.2) is 29.6 Å². The second-order valence-corrected chi connectivity index (χ2v) is 6.31. The van der Waals surface area contributed by atoms with Crippen molar-refractivity contribution >= 4 is 34.8 Å². The van der Waals surface area contributed by atoms with Crippen LogP contribution in [0.3, 0.4) is 0 Å². The Hall–Kier alpha value is -3.01. The molecule has 0 atom stereocenters. The molecule has 10 heteroatoms. The first kappa shape index (κ1) is 13.6. The van der Waals surface area contributed by atoms with Crippen LogP contribution in [-0.2, 0) is 4.79 Å². The van der Waals surface area contributed by atoms with Crippen molar-refractivity contribution in [3.05, 3.63) is 39.4 Å². The Bertz CT molecular complexity index is 865. The number of allylic oxidation sites excluding steroid dienone is 2. The molecule has 2 aliphatic rings. The zero-order valence-electron chi connectivity index (χ0n) is 12.0. The van der Waals surface area contributed by atoms with Gasteiger partial charge < -0.3 is 5.32 Å². The largest absolute Gasteiger partial charge is 0.340 e. The van der Waals surface area contributed by atoms with Crippen molar-refractivity contribution < 1.29 is 9.59 Å². The zero-order chi connectivity index (χ0) is 16.0. The van der Waals surface area contributed by atoms with E-state index in [4.69, 9.17) is 0 Å². The monoisotopic (exact) mass is 329 g/mol. The number of rotatable bonds is 2. The van der Waals surface area contributed by atoms with Crippen LogP contribution < -0.4 is 10.6 Å². The highest BCUT2D eigenvalue weighted by Crippen LogP contribution is 2.35. The average Bonchev–Trinajstić information content (AvgIpc) is 3.16. The first-order valence-corrected chi connectivity index (χ1v) is 7.58. The van der Waals surface area contributed by atoms with Crippen molar-refractivity contribution in [2.75, 3.05) is 17.2 Å². The minimum Gasteiger partial charge on any atom is -0.340 e. The Morgan fingerprint density at radius 1 is 1.43 bits per heavy atom. The normalized spacial score (nSPS) is 16.0. The molecule has 0 bridgehead atoms. The van der Waals surface area contributed by atoms with Crippen molar-refractivity contribution in [2.24, 2.45) is 0 Å². The lowest BCUT2D eigenvalue weighted by atomic mass is 10.1. The Morgan fingerprint density at radius 3 is 3.09 bits per heavy atom. The fourth-order valence-corrected chi connectivity index (χ4v) is 3.35. The number of hydrogen-bond donors (Lipinski definition) is 3. The number of aromatic amines is 1. The first-order valence-electron chi connectivity index (χ1n) is 6.77. The van der Waals surface area contributed by atoms with Gasteiger partial charge in [0.25, 0.3) is 17.8 Å². The molecule has 0 fully saturated rings. The van der Waals surface area contributed by atoms with Gasteiger partial charge in [-0.05, 0) is 30.4 Å². The van der Waals surface area contributed by atoms with Crippen LogP contribution in [0.5, 0.6) is 0 Å². The van der Waals surface area contributed by atoms with Crippen molar-refractivity contribution in [1.29, 1.82) is 0 Å². The minimum atomic E-state index is -0.373. The lowest BCUT2D eigenvalue weighted by Gasteiger charge is -2.32. The van der Waals surface area contributed by atoms with Gasteiger partial charge in [0.1, 0.15) is 10.7 Å². The fourth-order valence-electron chi connectivity index (χ4n) is 2.44. The van der Waals surface area contributed by atoms with Gasteiger partial charge in [0.05, 0.1) is 12.2 Å². The molecule has 2 amide bonds. The number of thiophene rings is 1. The molecule has 0 saturated heterocycles. The summed E-state index contributed by atoms with van der Waals surface area (Å²) in [5, 5.41) is 18.7. The van der Waals surface area contributed by atoms with Gasteiger partial charge in [-0.15, -0.1) is 16.4 Å². The number of tetrazole rings is 1. The molecule has 3 N–H and O–H groups in total. The molecule has 0 spiro atoms. The fraction of sp³-hybridized carbons (Fsp3) is 0.154. The lowest BCUT2D eigenvalue weighted by Crippen LogP contribution is -2.41. The van der Waals surface area contributed by atoms with E-state index in [1.807, 2.05) is 13.0 Å². The Morgan fingerprint density at radius 2 is 2.30 bits per heavy atom. The average molecular weight is 329 g/mol. The van der Waals surface area contributed by atoms with Crippen molar-refractivity contribution in [3.63, 3.8) is 0 Å². The van der Waals surface area contributed by atoms with Crippen LogP contribution in [0.2, 0.25) is 0 Å². The molecule has 0 saturated carbocycles. The maximum absolute atomic E-state index is 12.6. The van der Waals surface area contributed by atoms with Crippen LogP contribution in [-0.4, -0.2) is 43.9 Å². The molecular formula is C13H11N7O2S. The summed E-state index contributed by atoms with van der Waals surface area (Å²) in [4.78, 5) is 28.1. The second-order valence-electron chi connectivity index (χ2n) is 5.05. The number of carbonyl (C=O) groups is 2. The van der Waals surface area contributed by atoms with E-state index < -0.39 is 0 Å². The van der Waals surface area contributed by atoms with E-state index in [9.17, 15) is 9.59 Å². The Labute approximate surface area is 134 Å². The van der Waals surface area contributed by atoms with Crippen LogP contribution in [0.25, 0.3) is 0 Å². The number of nitrogens with one attached hydrogen (secondary N) is 3. The summed E-state index contributed by atoms with van der Waals surface area (Å²) >= 11 is 1.43. The molecule has 4 heterocycles. The standard InChI is InChI=1S/C13H11N7O2S/c1-6-4-8-10(23-6)12(22)20-5-7(2-3-9(20)14-8)11(21)15-13-16-18-19-17-13/h2-4,14H,5H2,1H3,(H2,15,16,17,18,19,21). The second kappa shape index (κ2) is 5.02. The van der Waals surface area contributed by atoms with E-state index in [-0.39, 0.29) is 24.3 Å².